The van der Waals surface area contributed by atoms with E-state index in [1.165, 1.54) is 24.3 Å². The van der Waals surface area contributed by atoms with Crippen molar-refractivity contribution in [2.24, 2.45) is 0 Å². The Morgan fingerprint density at radius 2 is 1.24 bits per heavy atom. The molecule has 0 fully saturated rings. The number of nitrogens with zero attached hydrogens (tertiary/aromatic N) is 1. The van der Waals surface area contributed by atoms with Crippen LogP contribution in [0.2, 0.25) is 0 Å². The summed E-state index contributed by atoms with van der Waals surface area (Å²) in [6.07, 6.45) is 0. The fourth-order valence-corrected chi connectivity index (χ4v) is 7.34. The summed E-state index contributed by atoms with van der Waals surface area (Å²) in [6, 6.07) is 15.5. The van der Waals surface area contributed by atoms with Crippen LogP contribution in [0.5, 0.6) is 17.2 Å². The lowest BCUT2D eigenvalue weighted by atomic mass is 9.89. The second-order valence-electron chi connectivity index (χ2n) is 11.1. The van der Waals surface area contributed by atoms with Gasteiger partial charge in [0, 0.05) is 18.2 Å². The van der Waals surface area contributed by atoms with Gasteiger partial charge in [-0.05, 0) is 64.3 Å². The van der Waals surface area contributed by atoms with E-state index in [0.717, 1.165) is 16.7 Å². The van der Waals surface area contributed by atoms with E-state index in [9.17, 15) is 4.79 Å². The zero-order valence-electron chi connectivity index (χ0n) is 25.2. The number of hydrogen-bond acceptors (Lipinski definition) is 6. The second-order valence-corrected chi connectivity index (χ2v) is 12.8. The van der Waals surface area contributed by atoms with Gasteiger partial charge in [-0.1, -0.05) is 53.7 Å². The van der Waals surface area contributed by atoms with Crippen LogP contribution in [0.3, 0.4) is 0 Å². The van der Waals surface area contributed by atoms with Gasteiger partial charge in [-0.3, -0.25) is 4.79 Å². The number of ether oxygens (including phenoxy) is 3. The van der Waals surface area contributed by atoms with Gasteiger partial charge in [-0.25, -0.2) is 12.4 Å². The summed E-state index contributed by atoms with van der Waals surface area (Å²) < 4.78 is 48.0. The number of fused-ring (bicyclic) bond motifs is 1. The highest BCUT2D eigenvalue weighted by atomic mass is 32.2. The van der Waals surface area contributed by atoms with Crippen molar-refractivity contribution in [3.05, 3.63) is 81.5 Å². The molecule has 1 aromatic heterocycles. The van der Waals surface area contributed by atoms with Crippen LogP contribution < -0.4 is 19.6 Å². The van der Waals surface area contributed by atoms with Crippen molar-refractivity contribution in [3.63, 3.8) is 0 Å². The van der Waals surface area contributed by atoms with Crippen molar-refractivity contribution in [1.29, 1.82) is 0 Å². The minimum absolute atomic E-state index is 0.0740. The monoisotopic (exact) mass is 577 g/mol. The molecule has 4 rings (SSSR count). The number of methoxy groups -OCH3 is 3. The molecule has 0 aliphatic carbocycles. The molecule has 0 unspecified atom stereocenters. The molecule has 41 heavy (non-hydrogen) atoms. The topological polar surface area (TPSA) is 83.8 Å². The van der Waals surface area contributed by atoms with Gasteiger partial charge in [0.15, 0.2) is 5.43 Å². The van der Waals surface area contributed by atoms with Crippen LogP contribution in [0, 0.1) is 0 Å². The fraction of sp³-hybridized carbons (Fsp3) is 0.364. The van der Waals surface area contributed by atoms with Gasteiger partial charge in [0.2, 0.25) is 0 Å². The number of benzene rings is 3. The van der Waals surface area contributed by atoms with Gasteiger partial charge in [0.05, 0.1) is 42.8 Å². The van der Waals surface area contributed by atoms with Crippen molar-refractivity contribution in [2.75, 3.05) is 21.3 Å². The van der Waals surface area contributed by atoms with Crippen molar-refractivity contribution in [3.8, 4) is 28.5 Å². The first-order chi connectivity index (χ1) is 19.3. The van der Waals surface area contributed by atoms with Crippen LogP contribution in [-0.4, -0.2) is 33.7 Å². The Kier molecular flexibility index (Phi) is 8.54. The number of aromatic nitrogens is 1. The normalized spacial score (nSPS) is 12.0. The summed E-state index contributed by atoms with van der Waals surface area (Å²) in [7, 11) is 0.212. The number of hydrogen-bond donors (Lipinski definition) is 0. The third-order valence-corrected chi connectivity index (χ3v) is 9.29. The lowest BCUT2D eigenvalue weighted by Crippen LogP contribution is -2.23. The van der Waals surface area contributed by atoms with Crippen LogP contribution in [0.4, 0.5) is 0 Å². The van der Waals surface area contributed by atoms with Crippen molar-refractivity contribution in [1.82, 2.24) is 3.97 Å². The van der Waals surface area contributed by atoms with Crippen LogP contribution in [-0.2, 0) is 10.0 Å². The third kappa shape index (κ3) is 5.45. The summed E-state index contributed by atoms with van der Waals surface area (Å²) in [6.45, 7) is 12.2. The van der Waals surface area contributed by atoms with Crippen molar-refractivity contribution < 1.29 is 22.6 Å². The summed E-state index contributed by atoms with van der Waals surface area (Å²) in [5.74, 6) is 1.29. The minimum atomic E-state index is -4.29. The van der Waals surface area contributed by atoms with Gasteiger partial charge >= 0.3 is 0 Å². The molecule has 0 N–H and O–H groups in total. The minimum Gasteiger partial charge on any atom is -0.497 e. The van der Waals surface area contributed by atoms with Gasteiger partial charge in [0.25, 0.3) is 10.0 Å². The molecule has 7 nitrogen and oxygen atoms in total. The standard InChI is InChI=1S/C33H39NO6S/c1-19(2)23-14-26(20(3)4)33(27(15-23)21(5)6)41(36,37)34-28(22-10-12-24(38-7)13-11-22)18-30(35)32-29(34)16-25(39-8)17-31(32)40-9/h10-21H,1-9H3. The van der Waals surface area contributed by atoms with Crippen LogP contribution >= 0.6 is 0 Å². The van der Waals surface area contributed by atoms with E-state index in [4.69, 9.17) is 14.2 Å². The van der Waals surface area contributed by atoms with E-state index in [2.05, 4.69) is 13.8 Å². The Labute approximate surface area is 242 Å². The molecule has 1 heterocycles. The van der Waals surface area contributed by atoms with Crippen molar-refractivity contribution >= 4 is 20.9 Å². The van der Waals surface area contributed by atoms with E-state index < -0.39 is 10.0 Å². The van der Waals surface area contributed by atoms with Crippen LogP contribution in [0.25, 0.3) is 22.2 Å². The highest BCUT2D eigenvalue weighted by Crippen LogP contribution is 2.40. The third-order valence-electron chi connectivity index (χ3n) is 7.43. The maximum absolute atomic E-state index is 15.2. The highest BCUT2D eigenvalue weighted by molar-refractivity contribution is 7.90. The predicted octanol–water partition coefficient (Wildman–Crippen LogP) is 7.30. The molecule has 0 saturated carbocycles. The van der Waals surface area contributed by atoms with E-state index >= 15 is 8.42 Å². The number of pyridine rings is 1. The van der Waals surface area contributed by atoms with E-state index in [-0.39, 0.29) is 50.4 Å². The van der Waals surface area contributed by atoms with Crippen LogP contribution in [0.15, 0.2) is 64.3 Å². The molecule has 0 aliphatic rings. The van der Waals surface area contributed by atoms with E-state index in [1.807, 2.05) is 39.8 Å². The molecular formula is C33H39NO6S. The smallest absolute Gasteiger partial charge is 0.269 e. The molecule has 0 aliphatic heterocycles. The van der Waals surface area contributed by atoms with E-state index in [0.29, 0.717) is 17.1 Å². The zero-order valence-corrected chi connectivity index (χ0v) is 26.0. The molecule has 0 spiro atoms. The Morgan fingerprint density at radius 1 is 0.683 bits per heavy atom. The molecule has 0 radical (unpaired) electrons. The van der Waals surface area contributed by atoms with Gasteiger partial charge in [-0.15, -0.1) is 0 Å². The average molecular weight is 578 g/mol. The first-order valence-electron chi connectivity index (χ1n) is 13.7. The lowest BCUT2D eigenvalue weighted by molar-refractivity contribution is 0.397. The Hall–Kier alpha value is -3.78. The molecule has 0 saturated heterocycles. The van der Waals surface area contributed by atoms with Gasteiger partial charge in [0.1, 0.15) is 17.2 Å². The maximum atomic E-state index is 15.2. The Balaban J connectivity index is 2.26. The quantitative estimate of drug-likeness (QED) is 0.208. The molecule has 4 aromatic rings. The van der Waals surface area contributed by atoms with Gasteiger partial charge < -0.3 is 14.2 Å². The van der Waals surface area contributed by atoms with Gasteiger partial charge in [-0.2, -0.15) is 0 Å². The summed E-state index contributed by atoms with van der Waals surface area (Å²) in [5.41, 5.74) is 3.16. The van der Waals surface area contributed by atoms with E-state index in [1.54, 1.807) is 43.5 Å². The Morgan fingerprint density at radius 3 is 1.71 bits per heavy atom. The fourth-order valence-electron chi connectivity index (χ4n) is 5.15. The largest absolute Gasteiger partial charge is 0.497 e. The highest BCUT2D eigenvalue weighted by Gasteiger charge is 2.32. The Bertz CT molecular complexity index is 1720. The summed E-state index contributed by atoms with van der Waals surface area (Å²) in [5, 5.41) is 0.158. The maximum Gasteiger partial charge on any atom is 0.269 e. The molecular weight excluding hydrogens is 538 g/mol. The zero-order chi connectivity index (χ0) is 30.2. The molecule has 3 aromatic carbocycles. The average Bonchev–Trinajstić information content (AvgIpc) is 2.95. The molecule has 0 bridgehead atoms. The first-order valence-corrected chi connectivity index (χ1v) is 15.2. The first kappa shape index (κ1) is 30.2. The molecule has 0 amide bonds. The molecule has 8 heteroatoms. The molecule has 218 valence electrons. The second kappa shape index (κ2) is 11.6. The lowest BCUT2D eigenvalue weighted by Gasteiger charge is -2.26. The SMILES string of the molecule is COc1ccc(-c2cc(=O)c3c(OC)cc(OC)cc3n2S(=O)(=O)c2c(C(C)C)cc(C(C)C)cc2C(C)C)cc1. The summed E-state index contributed by atoms with van der Waals surface area (Å²) in [4.78, 5) is 13.9. The molecule has 0 atom stereocenters. The predicted molar refractivity (Wildman–Crippen MR) is 165 cm³/mol. The summed E-state index contributed by atoms with van der Waals surface area (Å²) >= 11 is 0. The number of rotatable bonds is 9. The van der Waals surface area contributed by atoms with Crippen LogP contribution in [0.1, 0.15) is 76.0 Å². The van der Waals surface area contributed by atoms with Crippen molar-refractivity contribution in [2.45, 2.75) is 64.2 Å².